The van der Waals surface area contributed by atoms with Crippen LogP contribution in [0.3, 0.4) is 0 Å². The molecule has 14 heavy (non-hydrogen) atoms. The minimum Gasteiger partial charge on any atom is -0.396 e. The molecule has 0 unspecified atom stereocenters. The van der Waals surface area contributed by atoms with Gasteiger partial charge in [-0.15, -0.1) is 0 Å². The molecule has 2 N–H and O–H groups in total. The van der Waals surface area contributed by atoms with Crippen LogP contribution in [0.15, 0.2) is 16.0 Å². The zero-order valence-electron chi connectivity index (χ0n) is 8.12. The second-order valence-electron chi connectivity index (χ2n) is 2.97. The third-order valence-electron chi connectivity index (χ3n) is 1.64. The van der Waals surface area contributed by atoms with Crippen molar-refractivity contribution in [3.63, 3.8) is 0 Å². The Balaban J connectivity index is 2.46. The fraction of sp³-hybridized carbons (Fsp3) is 0.556. The first kappa shape index (κ1) is 11.3. The van der Waals surface area contributed by atoms with Gasteiger partial charge in [0.2, 0.25) is 0 Å². The van der Waals surface area contributed by atoms with Crippen molar-refractivity contribution < 1.29 is 5.11 Å². The highest BCUT2D eigenvalue weighted by Crippen LogP contribution is 2.12. The summed E-state index contributed by atoms with van der Waals surface area (Å²) in [7, 11) is 0. The van der Waals surface area contributed by atoms with E-state index in [-0.39, 0.29) is 12.2 Å². The van der Waals surface area contributed by atoms with Crippen molar-refractivity contribution in [2.24, 2.45) is 0 Å². The van der Waals surface area contributed by atoms with Crippen LogP contribution in [0.25, 0.3) is 0 Å². The smallest absolute Gasteiger partial charge is 0.251 e. The van der Waals surface area contributed by atoms with E-state index in [1.807, 2.05) is 0 Å². The SMILES string of the molecule is Cc1cc(=O)[nH]c(SCCCCO)n1. The summed E-state index contributed by atoms with van der Waals surface area (Å²) in [6.07, 6.45) is 1.72. The Morgan fingerprint density at radius 1 is 1.57 bits per heavy atom. The van der Waals surface area contributed by atoms with Crippen molar-refractivity contribution in [2.75, 3.05) is 12.4 Å². The lowest BCUT2D eigenvalue weighted by Gasteiger charge is -2.00. The fourth-order valence-corrected chi connectivity index (χ4v) is 1.93. The molecule has 0 spiro atoms. The first-order valence-electron chi connectivity index (χ1n) is 4.54. The van der Waals surface area contributed by atoms with Gasteiger partial charge in [0.1, 0.15) is 0 Å². The molecule has 0 radical (unpaired) electrons. The molecule has 0 fully saturated rings. The minimum absolute atomic E-state index is 0.109. The molecule has 0 aliphatic heterocycles. The first-order valence-corrected chi connectivity index (χ1v) is 5.52. The lowest BCUT2D eigenvalue weighted by molar-refractivity contribution is 0.287. The van der Waals surface area contributed by atoms with Gasteiger partial charge in [0, 0.05) is 24.1 Å². The average Bonchev–Trinajstić information content (AvgIpc) is 2.11. The number of nitrogens with one attached hydrogen (secondary N) is 1. The van der Waals surface area contributed by atoms with Crippen molar-refractivity contribution in [2.45, 2.75) is 24.9 Å². The summed E-state index contributed by atoms with van der Waals surface area (Å²) in [5.74, 6) is 0.868. The maximum absolute atomic E-state index is 11.1. The number of unbranched alkanes of at least 4 members (excludes halogenated alkanes) is 1. The summed E-state index contributed by atoms with van der Waals surface area (Å²) in [6.45, 7) is 2.02. The van der Waals surface area contributed by atoms with Crippen LogP contribution in [0.1, 0.15) is 18.5 Å². The zero-order valence-corrected chi connectivity index (χ0v) is 8.93. The Labute approximate surface area is 86.8 Å². The number of aliphatic hydroxyl groups is 1. The summed E-state index contributed by atoms with van der Waals surface area (Å²) < 4.78 is 0. The molecule has 0 atom stereocenters. The Morgan fingerprint density at radius 3 is 3.00 bits per heavy atom. The number of aliphatic hydroxyl groups excluding tert-OH is 1. The highest BCUT2D eigenvalue weighted by molar-refractivity contribution is 7.99. The third kappa shape index (κ3) is 3.93. The number of rotatable bonds is 5. The Morgan fingerprint density at radius 2 is 2.36 bits per heavy atom. The van der Waals surface area contributed by atoms with E-state index in [0.29, 0.717) is 5.16 Å². The van der Waals surface area contributed by atoms with Crippen LogP contribution in [0, 0.1) is 6.92 Å². The van der Waals surface area contributed by atoms with E-state index in [2.05, 4.69) is 9.97 Å². The topological polar surface area (TPSA) is 66.0 Å². The number of hydrogen-bond acceptors (Lipinski definition) is 4. The molecule has 0 saturated heterocycles. The van der Waals surface area contributed by atoms with Crippen molar-refractivity contribution >= 4 is 11.8 Å². The van der Waals surface area contributed by atoms with E-state index >= 15 is 0 Å². The van der Waals surface area contributed by atoms with Gasteiger partial charge in [-0.2, -0.15) is 0 Å². The number of aromatic amines is 1. The van der Waals surface area contributed by atoms with Gasteiger partial charge in [0.05, 0.1) is 0 Å². The molecule has 0 aliphatic rings. The van der Waals surface area contributed by atoms with E-state index in [4.69, 9.17) is 5.11 Å². The number of aryl methyl sites for hydroxylation is 1. The molecule has 1 heterocycles. The fourth-order valence-electron chi connectivity index (χ4n) is 1.00. The number of aromatic nitrogens is 2. The predicted octanol–water partition coefficient (Wildman–Crippen LogP) is 0.943. The molecule has 1 aromatic heterocycles. The van der Waals surface area contributed by atoms with Crippen LogP contribution < -0.4 is 5.56 Å². The number of nitrogens with zero attached hydrogens (tertiary/aromatic N) is 1. The summed E-state index contributed by atoms with van der Waals surface area (Å²) >= 11 is 1.51. The minimum atomic E-state index is -0.109. The molecule has 5 heteroatoms. The molecule has 0 bridgehead atoms. The van der Waals surface area contributed by atoms with Gasteiger partial charge >= 0.3 is 0 Å². The van der Waals surface area contributed by atoms with E-state index in [0.717, 1.165) is 24.3 Å². The molecule has 1 aromatic rings. The van der Waals surface area contributed by atoms with Gasteiger partial charge in [0.25, 0.3) is 5.56 Å². The zero-order chi connectivity index (χ0) is 10.4. The normalized spacial score (nSPS) is 10.4. The molecule has 1 rings (SSSR count). The van der Waals surface area contributed by atoms with Gasteiger partial charge in [-0.25, -0.2) is 4.98 Å². The second-order valence-corrected chi connectivity index (χ2v) is 4.05. The quantitative estimate of drug-likeness (QED) is 0.435. The third-order valence-corrected chi connectivity index (χ3v) is 2.60. The molecule has 78 valence electrons. The lowest BCUT2D eigenvalue weighted by atomic mass is 10.4. The van der Waals surface area contributed by atoms with E-state index in [1.165, 1.54) is 17.8 Å². The summed E-state index contributed by atoms with van der Waals surface area (Å²) in [5.41, 5.74) is 0.626. The van der Waals surface area contributed by atoms with E-state index < -0.39 is 0 Å². The monoisotopic (exact) mass is 214 g/mol. The highest BCUT2D eigenvalue weighted by Gasteiger charge is 1.98. The molecular formula is C9H14N2O2S. The molecule has 0 saturated carbocycles. The number of H-pyrrole nitrogens is 1. The molecule has 0 amide bonds. The summed E-state index contributed by atoms with van der Waals surface area (Å²) in [5, 5.41) is 9.23. The largest absolute Gasteiger partial charge is 0.396 e. The molecule has 4 nitrogen and oxygen atoms in total. The summed E-state index contributed by atoms with van der Waals surface area (Å²) in [6, 6.07) is 1.47. The van der Waals surface area contributed by atoms with E-state index in [1.54, 1.807) is 6.92 Å². The van der Waals surface area contributed by atoms with Crippen LogP contribution in [0.2, 0.25) is 0 Å². The van der Waals surface area contributed by atoms with Crippen LogP contribution in [-0.4, -0.2) is 27.4 Å². The van der Waals surface area contributed by atoms with Crippen LogP contribution in [-0.2, 0) is 0 Å². The van der Waals surface area contributed by atoms with Crippen LogP contribution in [0.5, 0.6) is 0 Å². The molecule has 0 aromatic carbocycles. The second kappa shape index (κ2) is 5.82. The number of hydrogen-bond donors (Lipinski definition) is 2. The van der Waals surface area contributed by atoms with Crippen molar-refractivity contribution in [1.82, 2.24) is 9.97 Å². The average molecular weight is 214 g/mol. The molecule has 0 aliphatic carbocycles. The van der Waals surface area contributed by atoms with Gasteiger partial charge < -0.3 is 10.1 Å². The van der Waals surface area contributed by atoms with Crippen molar-refractivity contribution in [1.29, 1.82) is 0 Å². The summed E-state index contributed by atoms with van der Waals surface area (Å²) in [4.78, 5) is 17.9. The standard InChI is InChI=1S/C9H14N2O2S/c1-7-6-8(13)11-9(10-7)14-5-3-2-4-12/h6,12H,2-5H2,1H3,(H,10,11,13). The Bertz CT molecular complexity index is 338. The van der Waals surface area contributed by atoms with Crippen molar-refractivity contribution in [3.05, 3.63) is 22.1 Å². The van der Waals surface area contributed by atoms with E-state index in [9.17, 15) is 4.79 Å². The number of thioether (sulfide) groups is 1. The first-order chi connectivity index (χ1) is 6.72. The Hall–Kier alpha value is -0.810. The van der Waals surface area contributed by atoms with Gasteiger partial charge in [-0.3, -0.25) is 4.79 Å². The van der Waals surface area contributed by atoms with Crippen molar-refractivity contribution in [3.8, 4) is 0 Å². The van der Waals surface area contributed by atoms with Gasteiger partial charge in [-0.1, -0.05) is 11.8 Å². The highest BCUT2D eigenvalue weighted by atomic mass is 32.2. The maximum atomic E-state index is 11.1. The molecular weight excluding hydrogens is 200 g/mol. The van der Waals surface area contributed by atoms with Crippen LogP contribution >= 0.6 is 11.8 Å². The Kier molecular flexibility index (Phi) is 4.69. The lowest BCUT2D eigenvalue weighted by Crippen LogP contribution is -2.08. The maximum Gasteiger partial charge on any atom is 0.251 e. The predicted molar refractivity (Wildman–Crippen MR) is 56.6 cm³/mol. The van der Waals surface area contributed by atoms with Gasteiger partial charge in [-0.05, 0) is 19.8 Å². The van der Waals surface area contributed by atoms with Crippen LogP contribution in [0.4, 0.5) is 0 Å². The van der Waals surface area contributed by atoms with Gasteiger partial charge in [0.15, 0.2) is 5.16 Å².